The van der Waals surface area contributed by atoms with E-state index in [-0.39, 0.29) is 5.78 Å². The number of ketones is 1. The van der Waals surface area contributed by atoms with Crippen molar-refractivity contribution in [2.75, 3.05) is 25.9 Å². The molecule has 0 unspecified atom stereocenters. The van der Waals surface area contributed by atoms with Crippen LogP contribution in [0.1, 0.15) is 32.1 Å². The second-order valence-corrected chi connectivity index (χ2v) is 8.74. The molecule has 0 bridgehead atoms. The fourth-order valence-electron chi connectivity index (χ4n) is 3.86. The molecule has 5 rings (SSSR count). The monoisotopic (exact) mass is 487 g/mol. The minimum absolute atomic E-state index is 0.231. The largest absolute Gasteiger partial charge is 0.465 e. The van der Waals surface area contributed by atoms with Gasteiger partial charge >= 0.3 is 5.97 Å². The third-order valence-electron chi connectivity index (χ3n) is 5.52. The van der Waals surface area contributed by atoms with Crippen molar-refractivity contribution in [1.82, 2.24) is 19.5 Å². The lowest BCUT2D eigenvalue weighted by molar-refractivity contribution is 0.0600. The number of carbonyl (C=O) groups excluding carboxylic acids is 2. The highest BCUT2D eigenvalue weighted by Crippen LogP contribution is 2.46. The van der Waals surface area contributed by atoms with Crippen LogP contribution < -0.4 is 4.90 Å². The second kappa shape index (κ2) is 9.69. The van der Waals surface area contributed by atoms with Gasteiger partial charge in [-0.15, -0.1) is 0 Å². The van der Waals surface area contributed by atoms with E-state index in [0.717, 1.165) is 27.0 Å². The maximum atomic E-state index is 13.1. The van der Waals surface area contributed by atoms with Crippen LogP contribution in [-0.4, -0.2) is 52.2 Å². The standard InChI is InChI=1S/C25H21N5O4S/c1-33-15-30-19-13-16(3-8-20(19)35-24-23(30)26-9-10-28-24)14-29-12-11-27-22(29)21(31)17-4-6-18(7-5-17)25(32)34-2/h3-13H,14-15H2,1-2H3. The van der Waals surface area contributed by atoms with Crippen molar-refractivity contribution in [2.45, 2.75) is 16.5 Å². The van der Waals surface area contributed by atoms with Gasteiger partial charge in [0.1, 0.15) is 11.8 Å². The first-order valence-electron chi connectivity index (χ1n) is 10.7. The molecule has 0 saturated carbocycles. The molecule has 4 aromatic rings. The van der Waals surface area contributed by atoms with Gasteiger partial charge in [-0.05, 0) is 29.8 Å². The number of methoxy groups -OCH3 is 2. The number of hydrogen-bond acceptors (Lipinski definition) is 9. The summed E-state index contributed by atoms with van der Waals surface area (Å²) in [6.07, 6.45) is 6.72. The quantitative estimate of drug-likeness (QED) is 0.283. The number of fused-ring (bicyclic) bond motifs is 2. The molecular weight excluding hydrogens is 466 g/mol. The van der Waals surface area contributed by atoms with Crippen molar-refractivity contribution in [1.29, 1.82) is 0 Å². The summed E-state index contributed by atoms with van der Waals surface area (Å²) in [7, 11) is 2.96. The van der Waals surface area contributed by atoms with Crippen molar-refractivity contribution in [3.05, 3.63) is 89.8 Å². The van der Waals surface area contributed by atoms with Crippen LogP contribution in [0.4, 0.5) is 11.5 Å². The predicted octanol–water partition coefficient (Wildman–Crippen LogP) is 3.95. The van der Waals surface area contributed by atoms with Crippen LogP contribution in [0.2, 0.25) is 0 Å². The number of esters is 1. The van der Waals surface area contributed by atoms with Gasteiger partial charge in [0.15, 0.2) is 11.6 Å². The Bertz CT molecular complexity index is 1400. The van der Waals surface area contributed by atoms with Gasteiger partial charge in [0.05, 0.1) is 18.4 Å². The topological polar surface area (TPSA) is 99.4 Å². The molecule has 0 N–H and O–H groups in total. The first-order chi connectivity index (χ1) is 17.1. The van der Waals surface area contributed by atoms with Crippen LogP contribution in [-0.2, 0) is 16.0 Å². The molecule has 1 aliphatic heterocycles. The van der Waals surface area contributed by atoms with Gasteiger partial charge in [0.2, 0.25) is 5.78 Å². The molecule has 10 heteroatoms. The SMILES string of the molecule is COCN1c2cc(Cn3ccnc3C(=O)c3ccc(C(=O)OC)cc3)ccc2Sc2nccnc21. The van der Waals surface area contributed by atoms with Crippen molar-refractivity contribution < 1.29 is 19.1 Å². The zero-order chi connectivity index (χ0) is 24.4. The van der Waals surface area contributed by atoms with Crippen molar-refractivity contribution in [2.24, 2.45) is 0 Å². The van der Waals surface area contributed by atoms with E-state index in [4.69, 9.17) is 9.47 Å². The third-order valence-corrected chi connectivity index (χ3v) is 6.57. The maximum Gasteiger partial charge on any atom is 0.337 e. The summed E-state index contributed by atoms with van der Waals surface area (Å²) < 4.78 is 12.0. The molecule has 0 atom stereocenters. The van der Waals surface area contributed by atoms with E-state index >= 15 is 0 Å². The highest BCUT2D eigenvalue weighted by molar-refractivity contribution is 7.99. The minimum atomic E-state index is -0.452. The van der Waals surface area contributed by atoms with Crippen LogP contribution in [0, 0.1) is 0 Å². The van der Waals surface area contributed by atoms with Crippen molar-refractivity contribution in [3.8, 4) is 0 Å². The average Bonchev–Trinajstić information content (AvgIpc) is 3.36. The second-order valence-electron chi connectivity index (χ2n) is 7.71. The summed E-state index contributed by atoms with van der Waals surface area (Å²) in [5.74, 6) is 0.378. The van der Waals surface area contributed by atoms with Gasteiger partial charge in [-0.2, -0.15) is 0 Å². The van der Waals surface area contributed by atoms with Gasteiger partial charge in [0.25, 0.3) is 0 Å². The number of imidazole rings is 1. The van der Waals surface area contributed by atoms with Crippen molar-refractivity contribution >= 4 is 35.0 Å². The molecule has 0 aliphatic carbocycles. The summed E-state index contributed by atoms with van der Waals surface area (Å²) in [6.45, 7) is 0.784. The minimum Gasteiger partial charge on any atom is -0.465 e. The first-order valence-corrected chi connectivity index (χ1v) is 11.5. The Morgan fingerprint density at radius 2 is 1.71 bits per heavy atom. The van der Waals surface area contributed by atoms with E-state index in [1.807, 2.05) is 21.6 Å². The predicted molar refractivity (Wildman–Crippen MR) is 129 cm³/mol. The zero-order valence-corrected chi connectivity index (χ0v) is 19.9. The molecule has 176 valence electrons. The zero-order valence-electron chi connectivity index (χ0n) is 19.0. The Kier molecular flexibility index (Phi) is 6.30. The number of carbonyl (C=O) groups is 2. The van der Waals surface area contributed by atoms with E-state index in [0.29, 0.717) is 30.2 Å². The number of rotatable bonds is 7. The maximum absolute atomic E-state index is 13.1. The van der Waals surface area contributed by atoms with E-state index in [1.165, 1.54) is 7.11 Å². The van der Waals surface area contributed by atoms with E-state index in [1.54, 1.807) is 67.9 Å². The molecular formula is C25H21N5O4S. The molecule has 0 fully saturated rings. The van der Waals surface area contributed by atoms with Crippen molar-refractivity contribution in [3.63, 3.8) is 0 Å². The fourth-order valence-corrected chi connectivity index (χ4v) is 4.84. The summed E-state index contributed by atoms with van der Waals surface area (Å²) in [6, 6.07) is 12.5. The Labute approximate surface area is 205 Å². The molecule has 35 heavy (non-hydrogen) atoms. The normalized spacial score (nSPS) is 12.1. The van der Waals surface area contributed by atoms with Gasteiger partial charge < -0.3 is 14.0 Å². The first kappa shape index (κ1) is 22.8. The smallest absolute Gasteiger partial charge is 0.337 e. The van der Waals surface area contributed by atoms with Gasteiger partial charge in [-0.25, -0.2) is 19.7 Å². The van der Waals surface area contributed by atoms with E-state index in [2.05, 4.69) is 21.0 Å². The molecule has 2 aromatic heterocycles. The lowest BCUT2D eigenvalue weighted by Crippen LogP contribution is -2.24. The van der Waals surface area contributed by atoms with E-state index in [9.17, 15) is 9.59 Å². The Hall–Kier alpha value is -4.02. The number of hydrogen-bond donors (Lipinski definition) is 0. The fraction of sp³-hybridized carbons (Fsp3) is 0.160. The molecule has 3 heterocycles. The third kappa shape index (κ3) is 4.41. The Morgan fingerprint density at radius 1 is 0.943 bits per heavy atom. The number of aromatic nitrogens is 4. The summed E-state index contributed by atoms with van der Waals surface area (Å²) in [5.41, 5.74) is 2.78. The van der Waals surface area contributed by atoms with E-state index < -0.39 is 5.97 Å². The number of anilines is 2. The molecule has 9 nitrogen and oxygen atoms in total. The Morgan fingerprint density at radius 3 is 2.49 bits per heavy atom. The lowest BCUT2D eigenvalue weighted by atomic mass is 10.1. The van der Waals surface area contributed by atoms with Crippen LogP contribution in [0.3, 0.4) is 0 Å². The van der Waals surface area contributed by atoms with Gasteiger partial charge in [-0.3, -0.25) is 9.69 Å². The van der Waals surface area contributed by atoms with Gasteiger partial charge in [-0.1, -0.05) is 30.0 Å². The molecule has 1 aliphatic rings. The van der Waals surface area contributed by atoms with Gasteiger partial charge in [0, 0.05) is 48.9 Å². The molecule has 0 spiro atoms. The molecule has 0 saturated heterocycles. The van der Waals surface area contributed by atoms with Crippen LogP contribution in [0.15, 0.2) is 77.2 Å². The lowest BCUT2D eigenvalue weighted by Gasteiger charge is -2.30. The molecule has 0 radical (unpaired) electrons. The summed E-state index contributed by atoms with van der Waals surface area (Å²) in [5, 5.41) is 0.825. The Balaban J connectivity index is 1.41. The molecule has 2 aromatic carbocycles. The summed E-state index contributed by atoms with van der Waals surface area (Å²) in [4.78, 5) is 41.1. The summed E-state index contributed by atoms with van der Waals surface area (Å²) >= 11 is 1.56. The van der Waals surface area contributed by atoms with Crippen LogP contribution in [0.5, 0.6) is 0 Å². The van der Waals surface area contributed by atoms with Crippen LogP contribution in [0.25, 0.3) is 0 Å². The number of nitrogens with zero attached hydrogens (tertiary/aromatic N) is 5. The number of benzene rings is 2. The highest BCUT2D eigenvalue weighted by atomic mass is 32.2. The van der Waals surface area contributed by atoms with Crippen LogP contribution >= 0.6 is 11.8 Å². The molecule has 0 amide bonds. The number of ether oxygens (including phenoxy) is 2. The highest BCUT2D eigenvalue weighted by Gasteiger charge is 2.26. The average molecular weight is 488 g/mol.